The maximum atomic E-state index is 10.3. The SMILES string of the molecule is Cn1cc(CNCC2CCN(C[C@@H](O)c3ccccc3)CC2)cn1. The van der Waals surface area contributed by atoms with Crippen molar-refractivity contribution < 1.29 is 5.11 Å². The van der Waals surface area contributed by atoms with Crippen LogP contribution in [-0.2, 0) is 13.6 Å². The minimum absolute atomic E-state index is 0.383. The van der Waals surface area contributed by atoms with Crippen LogP contribution in [0.25, 0.3) is 0 Å². The molecule has 130 valence electrons. The molecule has 1 saturated heterocycles. The van der Waals surface area contributed by atoms with E-state index in [0.29, 0.717) is 0 Å². The Kier molecular flexibility index (Phi) is 6.01. The summed E-state index contributed by atoms with van der Waals surface area (Å²) in [6, 6.07) is 9.96. The highest BCUT2D eigenvalue weighted by molar-refractivity contribution is 5.17. The number of hydrogen-bond donors (Lipinski definition) is 2. The molecule has 1 fully saturated rings. The summed E-state index contributed by atoms with van der Waals surface area (Å²) in [5, 5.41) is 18.1. The zero-order valence-electron chi connectivity index (χ0n) is 14.4. The van der Waals surface area contributed by atoms with E-state index in [1.54, 1.807) is 0 Å². The highest BCUT2D eigenvalue weighted by atomic mass is 16.3. The standard InChI is InChI=1S/C19H28N4O/c1-22-14-17(13-21-22)12-20-11-16-7-9-23(10-8-16)15-19(24)18-5-3-2-4-6-18/h2-6,13-14,16,19-20,24H,7-12,15H2,1H3/t19-/m1/s1. The number of rotatable bonds is 7. The molecule has 1 aliphatic rings. The normalized spacial score (nSPS) is 17.9. The second-order valence-electron chi connectivity index (χ2n) is 6.82. The number of nitrogens with zero attached hydrogens (tertiary/aromatic N) is 3. The molecule has 2 heterocycles. The number of nitrogens with one attached hydrogen (secondary N) is 1. The van der Waals surface area contributed by atoms with Gasteiger partial charge in [0.25, 0.3) is 0 Å². The zero-order chi connectivity index (χ0) is 16.8. The molecular formula is C19H28N4O. The van der Waals surface area contributed by atoms with Gasteiger partial charge >= 0.3 is 0 Å². The molecule has 1 aliphatic heterocycles. The van der Waals surface area contributed by atoms with Crippen molar-refractivity contribution in [2.75, 3.05) is 26.2 Å². The van der Waals surface area contributed by atoms with E-state index in [-0.39, 0.29) is 6.10 Å². The minimum Gasteiger partial charge on any atom is -0.387 e. The highest BCUT2D eigenvalue weighted by Gasteiger charge is 2.21. The van der Waals surface area contributed by atoms with Crippen LogP contribution in [0.3, 0.4) is 0 Å². The quantitative estimate of drug-likeness (QED) is 0.816. The number of aryl methyl sites for hydroxylation is 1. The lowest BCUT2D eigenvalue weighted by atomic mass is 9.96. The van der Waals surface area contributed by atoms with Crippen LogP contribution in [0.1, 0.15) is 30.1 Å². The molecule has 5 heteroatoms. The molecule has 1 aromatic carbocycles. The van der Waals surface area contributed by atoms with E-state index >= 15 is 0 Å². The monoisotopic (exact) mass is 328 g/mol. The summed E-state index contributed by atoms with van der Waals surface area (Å²) in [5.74, 6) is 0.729. The summed E-state index contributed by atoms with van der Waals surface area (Å²) in [7, 11) is 1.95. The van der Waals surface area contributed by atoms with E-state index in [0.717, 1.165) is 44.2 Å². The van der Waals surface area contributed by atoms with Crippen LogP contribution >= 0.6 is 0 Å². The van der Waals surface area contributed by atoms with Crippen LogP contribution in [0.2, 0.25) is 0 Å². The molecule has 24 heavy (non-hydrogen) atoms. The average Bonchev–Trinajstić information content (AvgIpc) is 3.02. The van der Waals surface area contributed by atoms with Gasteiger partial charge in [0.05, 0.1) is 12.3 Å². The fraction of sp³-hybridized carbons (Fsp3) is 0.526. The summed E-state index contributed by atoms with van der Waals surface area (Å²) in [5.41, 5.74) is 2.25. The van der Waals surface area contributed by atoms with Crippen molar-refractivity contribution in [2.45, 2.75) is 25.5 Å². The van der Waals surface area contributed by atoms with Gasteiger partial charge in [-0.1, -0.05) is 30.3 Å². The van der Waals surface area contributed by atoms with Crippen LogP contribution in [0.4, 0.5) is 0 Å². The van der Waals surface area contributed by atoms with Gasteiger partial charge in [-0.15, -0.1) is 0 Å². The van der Waals surface area contributed by atoms with Crippen molar-refractivity contribution in [3.8, 4) is 0 Å². The van der Waals surface area contributed by atoms with Gasteiger partial charge in [0.15, 0.2) is 0 Å². The van der Waals surface area contributed by atoms with E-state index in [1.807, 2.05) is 48.3 Å². The number of aliphatic hydroxyl groups excluding tert-OH is 1. The van der Waals surface area contributed by atoms with Gasteiger partial charge in [0, 0.05) is 31.9 Å². The third-order valence-electron chi connectivity index (χ3n) is 4.84. The van der Waals surface area contributed by atoms with E-state index in [9.17, 15) is 5.11 Å². The number of aromatic nitrogens is 2. The number of likely N-dealkylation sites (tertiary alicyclic amines) is 1. The van der Waals surface area contributed by atoms with E-state index in [4.69, 9.17) is 0 Å². The predicted octanol–water partition coefficient (Wildman–Crippen LogP) is 1.96. The molecule has 0 bridgehead atoms. The molecule has 1 aromatic heterocycles. The first-order chi connectivity index (χ1) is 11.7. The molecule has 2 N–H and O–H groups in total. The Labute approximate surface area is 144 Å². The van der Waals surface area contributed by atoms with Gasteiger partial charge in [-0.05, 0) is 44.0 Å². The molecular weight excluding hydrogens is 300 g/mol. The lowest BCUT2D eigenvalue weighted by Crippen LogP contribution is -2.39. The van der Waals surface area contributed by atoms with Crippen LogP contribution < -0.4 is 5.32 Å². The Morgan fingerprint density at radius 3 is 2.67 bits per heavy atom. The Balaban J connectivity index is 1.35. The fourth-order valence-electron chi connectivity index (χ4n) is 3.38. The number of aliphatic hydroxyl groups is 1. The summed E-state index contributed by atoms with van der Waals surface area (Å²) in [6.07, 6.45) is 5.98. The minimum atomic E-state index is -0.383. The first-order valence-electron chi connectivity index (χ1n) is 8.84. The van der Waals surface area contributed by atoms with Crippen molar-refractivity contribution >= 4 is 0 Å². The summed E-state index contributed by atoms with van der Waals surface area (Å²) in [6.45, 7) is 4.83. The third-order valence-corrected chi connectivity index (χ3v) is 4.84. The number of β-amino-alcohol motifs (C(OH)–C–C–N with tert-alkyl or cyclic N) is 1. The first-order valence-corrected chi connectivity index (χ1v) is 8.84. The summed E-state index contributed by atoms with van der Waals surface area (Å²) in [4.78, 5) is 2.38. The van der Waals surface area contributed by atoms with Crippen LogP contribution in [0.15, 0.2) is 42.7 Å². The predicted molar refractivity (Wildman–Crippen MR) is 95.5 cm³/mol. The molecule has 0 saturated carbocycles. The zero-order valence-corrected chi connectivity index (χ0v) is 14.4. The van der Waals surface area contributed by atoms with Gasteiger partial charge < -0.3 is 15.3 Å². The summed E-state index contributed by atoms with van der Waals surface area (Å²) >= 11 is 0. The number of hydrogen-bond acceptors (Lipinski definition) is 4. The Morgan fingerprint density at radius 1 is 1.25 bits per heavy atom. The molecule has 0 radical (unpaired) electrons. The van der Waals surface area contributed by atoms with Gasteiger partial charge in [0.1, 0.15) is 0 Å². The molecule has 2 aromatic rings. The Hall–Kier alpha value is -1.69. The van der Waals surface area contributed by atoms with Crippen LogP contribution in [-0.4, -0.2) is 46.0 Å². The number of benzene rings is 1. The maximum absolute atomic E-state index is 10.3. The fourth-order valence-corrected chi connectivity index (χ4v) is 3.38. The van der Waals surface area contributed by atoms with Crippen molar-refractivity contribution in [2.24, 2.45) is 13.0 Å². The lowest BCUT2D eigenvalue weighted by Gasteiger charge is -2.33. The van der Waals surface area contributed by atoms with Crippen molar-refractivity contribution in [3.63, 3.8) is 0 Å². The largest absolute Gasteiger partial charge is 0.387 e. The highest BCUT2D eigenvalue weighted by Crippen LogP contribution is 2.20. The Morgan fingerprint density at radius 2 is 2.00 bits per heavy atom. The average molecular weight is 328 g/mol. The molecule has 1 atom stereocenters. The Bertz CT molecular complexity index is 605. The smallest absolute Gasteiger partial charge is 0.0916 e. The molecule has 0 spiro atoms. The second-order valence-corrected chi connectivity index (χ2v) is 6.82. The van der Waals surface area contributed by atoms with Crippen LogP contribution in [0, 0.1) is 5.92 Å². The first kappa shape index (κ1) is 17.1. The maximum Gasteiger partial charge on any atom is 0.0916 e. The van der Waals surface area contributed by atoms with E-state index < -0.39 is 0 Å². The molecule has 0 unspecified atom stereocenters. The molecule has 5 nitrogen and oxygen atoms in total. The van der Waals surface area contributed by atoms with Crippen molar-refractivity contribution in [3.05, 3.63) is 53.9 Å². The van der Waals surface area contributed by atoms with E-state index in [1.165, 1.54) is 18.4 Å². The van der Waals surface area contributed by atoms with Crippen molar-refractivity contribution in [1.29, 1.82) is 0 Å². The van der Waals surface area contributed by atoms with Gasteiger partial charge in [0.2, 0.25) is 0 Å². The van der Waals surface area contributed by atoms with E-state index in [2.05, 4.69) is 21.5 Å². The third kappa shape index (κ3) is 4.90. The molecule has 0 aliphatic carbocycles. The lowest BCUT2D eigenvalue weighted by molar-refractivity contribution is 0.0891. The van der Waals surface area contributed by atoms with Crippen molar-refractivity contribution in [1.82, 2.24) is 20.0 Å². The second kappa shape index (κ2) is 8.42. The molecule has 3 rings (SSSR count). The van der Waals surface area contributed by atoms with Gasteiger partial charge in [-0.25, -0.2) is 0 Å². The topological polar surface area (TPSA) is 53.3 Å². The number of piperidine rings is 1. The summed E-state index contributed by atoms with van der Waals surface area (Å²) < 4.78 is 1.84. The van der Waals surface area contributed by atoms with Gasteiger partial charge in [-0.2, -0.15) is 5.10 Å². The molecule has 0 amide bonds. The van der Waals surface area contributed by atoms with Gasteiger partial charge in [-0.3, -0.25) is 4.68 Å². The van der Waals surface area contributed by atoms with Crippen LogP contribution in [0.5, 0.6) is 0 Å².